The van der Waals surface area contributed by atoms with Crippen LogP contribution in [0.4, 0.5) is 0 Å². The first-order valence-corrected chi connectivity index (χ1v) is 9.50. The zero-order valence-electron chi connectivity index (χ0n) is 14.1. The van der Waals surface area contributed by atoms with E-state index in [1.165, 1.54) is 20.9 Å². The lowest BCUT2D eigenvalue weighted by Crippen LogP contribution is -3.11. The fraction of sp³-hybridized carbons (Fsp3) is 0.350. The standard InChI is InChI=1S/C20H21NO2S/c1-3-14-4-5-17-15(11-20(22)23-18(17)10-14)12-21-8-6-19-16(13(21)2)7-9-24-19/h4-5,7,9-11,13H,3,6,8,12H2,1-2H3/p+1/t13-/m1/s1. The number of quaternary nitrogens is 1. The van der Waals surface area contributed by atoms with Crippen LogP contribution in [0, 0.1) is 0 Å². The van der Waals surface area contributed by atoms with Gasteiger partial charge in [0.2, 0.25) is 0 Å². The van der Waals surface area contributed by atoms with Crippen molar-refractivity contribution in [2.45, 2.75) is 39.3 Å². The predicted octanol–water partition coefficient (Wildman–Crippen LogP) is 3.12. The molecule has 0 saturated carbocycles. The van der Waals surface area contributed by atoms with Crippen LogP contribution in [0.2, 0.25) is 0 Å². The van der Waals surface area contributed by atoms with Gasteiger partial charge in [-0.2, -0.15) is 0 Å². The summed E-state index contributed by atoms with van der Waals surface area (Å²) in [6.07, 6.45) is 2.07. The molecular weight excluding hydrogens is 318 g/mol. The number of aryl methyl sites for hydroxylation is 1. The van der Waals surface area contributed by atoms with Crippen molar-refractivity contribution in [1.82, 2.24) is 0 Å². The summed E-state index contributed by atoms with van der Waals surface area (Å²) in [6, 6.07) is 10.7. The van der Waals surface area contributed by atoms with Crippen molar-refractivity contribution in [3.05, 3.63) is 67.7 Å². The van der Waals surface area contributed by atoms with E-state index < -0.39 is 0 Å². The van der Waals surface area contributed by atoms with Crippen LogP contribution in [0.3, 0.4) is 0 Å². The second-order valence-corrected chi connectivity index (χ2v) is 7.63. The molecule has 3 aromatic rings. The Morgan fingerprint density at radius 3 is 3.00 bits per heavy atom. The molecule has 0 radical (unpaired) electrons. The molecule has 1 N–H and O–H groups in total. The molecule has 1 aliphatic rings. The first-order chi connectivity index (χ1) is 11.7. The minimum atomic E-state index is -0.244. The molecule has 3 nitrogen and oxygen atoms in total. The third kappa shape index (κ3) is 2.70. The average Bonchev–Trinajstić information content (AvgIpc) is 3.06. The first kappa shape index (κ1) is 15.6. The highest BCUT2D eigenvalue weighted by Gasteiger charge is 2.28. The van der Waals surface area contributed by atoms with Gasteiger partial charge in [-0.3, -0.25) is 0 Å². The molecule has 0 fully saturated rings. The number of benzene rings is 1. The summed E-state index contributed by atoms with van der Waals surface area (Å²) in [7, 11) is 0. The van der Waals surface area contributed by atoms with E-state index >= 15 is 0 Å². The first-order valence-electron chi connectivity index (χ1n) is 8.62. The van der Waals surface area contributed by atoms with Crippen LogP contribution in [-0.4, -0.2) is 6.54 Å². The van der Waals surface area contributed by atoms with Crippen LogP contribution in [0.5, 0.6) is 0 Å². The van der Waals surface area contributed by atoms with Crippen molar-refractivity contribution in [3.63, 3.8) is 0 Å². The molecule has 0 spiro atoms. The molecular formula is C20H22NO2S+. The van der Waals surface area contributed by atoms with E-state index in [4.69, 9.17) is 4.42 Å². The highest BCUT2D eigenvalue weighted by molar-refractivity contribution is 7.10. The molecule has 4 rings (SSSR count). The molecule has 0 aliphatic carbocycles. The van der Waals surface area contributed by atoms with Crippen molar-refractivity contribution in [2.24, 2.45) is 0 Å². The lowest BCUT2D eigenvalue weighted by molar-refractivity contribution is -0.945. The Kier molecular flexibility index (Phi) is 4.02. The molecule has 1 unspecified atom stereocenters. The number of hydrogen-bond donors (Lipinski definition) is 1. The molecule has 0 amide bonds. The molecule has 4 heteroatoms. The van der Waals surface area contributed by atoms with Gasteiger partial charge in [-0.25, -0.2) is 4.79 Å². The van der Waals surface area contributed by atoms with E-state index in [1.807, 2.05) is 17.4 Å². The summed E-state index contributed by atoms with van der Waals surface area (Å²) in [4.78, 5) is 15.1. The van der Waals surface area contributed by atoms with E-state index in [-0.39, 0.29) is 5.63 Å². The van der Waals surface area contributed by atoms with Gasteiger partial charge in [0.15, 0.2) is 0 Å². The lowest BCUT2D eigenvalue weighted by atomic mass is 9.99. The summed E-state index contributed by atoms with van der Waals surface area (Å²) < 4.78 is 5.44. The smallest absolute Gasteiger partial charge is 0.336 e. The topological polar surface area (TPSA) is 34.7 Å². The highest BCUT2D eigenvalue weighted by Crippen LogP contribution is 2.25. The lowest BCUT2D eigenvalue weighted by Gasteiger charge is -2.30. The monoisotopic (exact) mass is 340 g/mol. The number of hydrogen-bond acceptors (Lipinski definition) is 3. The van der Waals surface area contributed by atoms with E-state index in [2.05, 4.69) is 37.4 Å². The molecule has 2 aromatic heterocycles. The minimum Gasteiger partial charge on any atom is -0.423 e. The van der Waals surface area contributed by atoms with Crippen LogP contribution < -0.4 is 10.5 Å². The fourth-order valence-electron chi connectivity index (χ4n) is 3.78. The molecule has 1 aromatic carbocycles. The number of nitrogens with one attached hydrogen (secondary N) is 1. The zero-order valence-corrected chi connectivity index (χ0v) is 14.9. The van der Waals surface area contributed by atoms with E-state index in [9.17, 15) is 4.79 Å². The van der Waals surface area contributed by atoms with Gasteiger partial charge >= 0.3 is 5.63 Å². The van der Waals surface area contributed by atoms with Crippen LogP contribution in [0.15, 0.2) is 44.9 Å². The van der Waals surface area contributed by atoms with E-state index in [0.29, 0.717) is 6.04 Å². The van der Waals surface area contributed by atoms with Gasteiger partial charge in [-0.1, -0.05) is 19.1 Å². The molecule has 0 bridgehead atoms. The Morgan fingerprint density at radius 2 is 2.17 bits per heavy atom. The molecule has 24 heavy (non-hydrogen) atoms. The van der Waals surface area contributed by atoms with E-state index in [1.54, 1.807) is 6.07 Å². The van der Waals surface area contributed by atoms with Gasteiger partial charge in [0.1, 0.15) is 18.2 Å². The van der Waals surface area contributed by atoms with Crippen LogP contribution in [0.1, 0.15) is 41.5 Å². The second kappa shape index (κ2) is 6.19. The Bertz CT molecular complexity index is 940. The maximum Gasteiger partial charge on any atom is 0.336 e. The number of fused-ring (bicyclic) bond motifs is 2. The summed E-state index contributed by atoms with van der Waals surface area (Å²) in [5.74, 6) is 0. The largest absolute Gasteiger partial charge is 0.423 e. The maximum atomic E-state index is 12.0. The van der Waals surface area contributed by atoms with Gasteiger partial charge < -0.3 is 9.32 Å². The summed E-state index contributed by atoms with van der Waals surface area (Å²) in [5.41, 5.74) is 4.25. The van der Waals surface area contributed by atoms with Crippen LogP contribution >= 0.6 is 11.3 Å². The maximum absolute atomic E-state index is 12.0. The zero-order chi connectivity index (χ0) is 16.7. The highest BCUT2D eigenvalue weighted by atomic mass is 32.1. The van der Waals surface area contributed by atoms with Crippen molar-refractivity contribution in [2.75, 3.05) is 6.54 Å². The number of rotatable bonds is 3. The normalized spacial score (nSPS) is 20.2. The summed E-state index contributed by atoms with van der Waals surface area (Å²) in [5, 5.41) is 3.27. The van der Waals surface area contributed by atoms with Gasteiger partial charge in [0.25, 0.3) is 0 Å². The van der Waals surface area contributed by atoms with Crippen LogP contribution in [0.25, 0.3) is 11.0 Å². The predicted molar refractivity (Wildman–Crippen MR) is 97.8 cm³/mol. The summed E-state index contributed by atoms with van der Waals surface area (Å²) in [6.45, 7) is 6.39. The Labute approximate surface area is 145 Å². The van der Waals surface area contributed by atoms with Gasteiger partial charge in [-0.15, -0.1) is 11.3 Å². The van der Waals surface area contributed by atoms with Crippen molar-refractivity contribution in [3.8, 4) is 0 Å². The fourth-order valence-corrected chi connectivity index (χ4v) is 4.76. The molecule has 1 aliphatic heterocycles. The van der Waals surface area contributed by atoms with Crippen molar-refractivity contribution < 1.29 is 9.32 Å². The summed E-state index contributed by atoms with van der Waals surface area (Å²) >= 11 is 1.87. The molecule has 124 valence electrons. The Morgan fingerprint density at radius 1 is 1.29 bits per heavy atom. The number of thiophene rings is 1. The van der Waals surface area contributed by atoms with Gasteiger partial charge in [-0.05, 0) is 36.4 Å². The molecule has 3 heterocycles. The quantitative estimate of drug-likeness (QED) is 0.744. The Balaban J connectivity index is 1.71. The third-order valence-corrected chi connectivity index (χ3v) is 6.25. The third-order valence-electron chi connectivity index (χ3n) is 5.25. The van der Waals surface area contributed by atoms with Crippen LogP contribution in [-0.2, 0) is 19.4 Å². The second-order valence-electron chi connectivity index (χ2n) is 6.63. The average molecular weight is 340 g/mol. The van der Waals surface area contributed by atoms with Crippen molar-refractivity contribution in [1.29, 1.82) is 0 Å². The minimum absolute atomic E-state index is 0.244. The van der Waals surface area contributed by atoms with E-state index in [0.717, 1.165) is 42.5 Å². The SMILES string of the molecule is CCc1ccc2c(C[NH+]3CCc4sccc4[C@H]3C)cc(=O)oc2c1. The van der Waals surface area contributed by atoms with Gasteiger partial charge in [0.05, 0.1) is 6.54 Å². The Hall–Kier alpha value is -1.91. The molecule has 0 saturated heterocycles. The van der Waals surface area contributed by atoms with Crippen molar-refractivity contribution >= 4 is 22.3 Å². The van der Waals surface area contributed by atoms with Gasteiger partial charge in [0, 0.05) is 33.9 Å². The molecule has 2 atom stereocenters.